The van der Waals surface area contributed by atoms with Crippen LogP contribution in [0.4, 0.5) is 0 Å². The van der Waals surface area contributed by atoms with E-state index in [9.17, 15) is 5.11 Å². The topological polar surface area (TPSA) is 45.0 Å². The van der Waals surface area contributed by atoms with E-state index in [4.69, 9.17) is 0 Å². The predicted molar refractivity (Wildman–Crippen MR) is 57.3 cm³/mol. The standard InChI is InChI=1S/C10H18N2O/c1-6-10(4,13)8(2)7-12-9(3)11-5/h7,13H,5-6H2,1-4H3. The van der Waals surface area contributed by atoms with Crippen LogP contribution in [0.15, 0.2) is 21.8 Å². The van der Waals surface area contributed by atoms with Crippen molar-refractivity contribution in [3.8, 4) is 0 Å². The Morgan fingerprint density at radius 2 is 2.08 bits per heavy atom. The maximum Gasteiger partial charge on any atom is 0.124 e. The Hall–Kier alpha value is -0.960. The van der Waals surface area contributed by atoms with Crippen molar-refractivity contribution in [3.05, 3.63) is 11.8 Å². The molecule has 0 aliphatic rings. The van der Waals surface area contributed by atoms with Gasteiger partial charge in [0.05, 0.1) is 5.60 Å². The smallest absolute Gasteiger partial charge is 0.124 e. The molecule has 0 bridgehead atoms. The van der Waals surface area contributed by atoms with Crippen molar-refractivity contribution < 1.29 is 5.11 Å². The minimum atomic E-state index is -0.773. The minimum absolute atomic E-state index is 0.603. The highest BCUT2D eigenvalue weighted by molar-refractivity contribution is 5.84. The first-order chi connectivity index (χ1) is 5.94. The zero-order chi connectivity index (χ0) is 10.5. The minimum Gasteiger partial charge on any atom is -0.386 e. The molecule has 1 unspecified atom stereocenters. The number of amidine groups is 1. The summed E-state index contributed by atoms with van der Waals surface area (Å²) in [5.41, 5.74) is 0.0586. The van der Waals surface area contributed by atoms with Crippen molar-refractivity contribution in [2.75, 3.05) is 0 Å². The predicted octanol–water partition coefficient (Wildman–Crippen LogP) is 2.17. The summed E-state index contributed by atoms with van der Waals surface area (Å²) in [6.07, 6.45) is 2.30. The summed E-state index contributed by atoms with van der Waals surface area (Å²) in [7, 11) is 0. The first-order valence-corrected chi connectivity index (χ1v) is 4.34. The van der Waals surface area contributed by atoms with Crippen LogP contribution < -0.4 is 0 Å². The van der Waals surface area contributed by atoms with Gasteiger partial charge in [-0.3, -0.25) is 0 Å². The van der Waals surface area contributed by atoms with Crippen LogP contribution in [0.2, 0.25) is 0 Å². The van der Waals surface area contributed by atoms with E-state index >= 15 is 0 Å². The molecule has 3 nitrogen and oxygen atoms in total. The molecule has 0 aliphatic carbocycles. The number of aliphatic imine (C=N–C) groups is 2. The molecule has 0 aliphatic heterocycles. The van der Waals surface area contributed by atoms with Gasteiger partial charge in [-0.15, -0.1) is 0 Å². The van der Waals surface area contributed by atoms with Gasteiger partial charge in [-0.2, -0.15) is 0 Å². The van der Waals surface area contributed by atoms with E-state index < -0.39 is 5.60 Å². The molecule has 0 radical (unpaired) electrons. The highest BCUT2D eigenvalue weighted by Crippen LogP contribution is 2.19. The number of rotatable bonds is 3. The zero-order valence-corrected chi connectivity index (χ0v) is 8.83. The first-order valence-electron chi connectivity index (χ1n) is 4.34. The molecule has 3 heteroatoms. The molecule has 13 heavy (non-hydrogen) atoms. The van der Waals surface area contributed by atoms with Crippen LogP contribution in [0.3, 0.4) is 0 Å². The molecule has 0 saturated carbocycles. The average Bonchev–Trinajstić information content (AvgIpc) is 2.13. The van der Waals surface area contributed by atoms with E-state index in [1.165, 1.54) is 0 Å². The van der Waals surface area contributed by atoms with Crippen molar-refractivity contribution >= 4 is 12.6 Å². The summed E-state index contributed by atoms with van der Waals surface area (Å²) in [5, 5.41) is 9.79. The van der Waals surface area contributed by atoms with Gasteiger partial charge in [0.25, 0.3) is 0 Å². The van der Waals surface area contributed by atoms with Crippen molar-refractivity contribution in [3.63, 3.8) is 0 Å². The summed E-state index contributed by atoms with van der Waals surface area (Å²) in [6.45, 7) is 10.7. The molecule has 74 valence electrons. The van der Waals surface area contributed by atoms with Crippen LogP contribution in [0, 0.1) is 0 Å². The third-order valence-electron chi connectivity index (χ3n) is 2.21. The Labute approximate surface area is 79.9 Å². The summed E-state index contributed by atoms with van der Waals surface area (Å²) in [5.74, 6) is 0.603. The van der Waals surface area contributed by atoms with E-state index in [0.29, 0.717) is 12.3 Å². The fourth-order valence-corrected chi connectivity index (χ4v) is 0.649. The van der Waals surface area contributed by atoms with Crippen molar-refractivity contribution in [1.82, 2.24) is 0 Å². The summed E-state index contributed by atoms with van der Waals surface area (Å²) in [6, 6.07) is 0. The molecule has 0 heterocycles. The van der Waals surface area contributed by atoms with Crippen molar-refractivity contribution in [2.24, 2.45) is 9.98 Å². The summed E-state index contributed by atoms with van der Waals surface area (Å²) < 4.78 is 0. The number of hydrogen-bond donors (Lipinski definition) is 1. The van der Waals surface area contributed by atoms with E-state index in [1.807, 2.05) is 13.8 Å². The molecule has 0 amide bonds. The van der Waals surface area contributed by atoms with Gasteiger partial charge in [-0.1, -0.05) is 6.92 Å². The van der Waals surface area contributed by atoms with Gasteiger partial charge in [-0.05, 0) is 39.5 Å². The second-order valence-electron chi connectivity index (χ2n) is 3.27. The summed E-state index contributed by atoms with van der Waals surface area (Å²) in [4.78, 5) is 7.66. The maximum atomic E-state index is 9.79. The first kappa shape index (κ1) is 12.0. The fraction of sp³-hybridized carbons (Fsp3) is 0.600. The van der Waals surface area contributed by atoms with Crippen LogP contribution in [-0.2, 0) is 0 Å². The second kappa shape index (κ2) is 4.92. The third-order valence-corrected chi connectivity index (χ3v) is 2.21. The van der Waals surface area contributed by atoms with Crippen LogP contribution >= 0.6 is 0 Å². The molecule has 0 aromatic heterocycles. The van der Waals surface area contributed by atoms with Crippen LogP contribution in [0.25, 0.3) is 0 Å². The molecular formula is C10H18N2O. The van der Waals surface area contributed by atoms with Gasteiger partial charge in [0.1, 0.15) is 5.84 Å². The summed E-state index contributed by atoms with van der Waals surface area (Å²) >= 11 is 0. The molecule has 1 atom stereocenters. The van der Waals surface area contributed by atoms with Gasteiger partial charge in [0, 0.05) is 6.20 Å². The molecule has 0 aromatic rings. The van der Waals surface area contributed by atoms with Gasteiger partial charge in [-0.25, -0.2) is 9.98 Å². The van der Waals surface area contributed by atoms with Gasteiger partial charge in [0.2, 0.25) is 0 Å². The third kappa shape index (κ3) is 3.99. The Bertz CT molecular complexity index is 239. The lowest BCUT2D eigenvalue weighted by molar-refractivity contribution is 0.0943. The highest BCUT2D eigenvalue weighted by Gasteiger charge is 2.19. The Kier molecular flexibility index (Phi) is 4.56. The lowest BCUT2D eigenvalue weighted by Crippen LogP contribution is -2.23. The number of nitrogens with zero attached hydrogens (tertiary/aromatic N) is 2. The zero-order valence-electron chi connectivity index (χ0n) is 8.83. The Morgan fingerprint density at radius 1 is 1.54 bits per heavy atom. The van der Waals surface area contributed by atoms with Crippen molar-refractivity contribution in [1.29, 1.82) is 0 Å². The SMILES string of the molecule is C=NC(C)=NC=C(C)C(C)(O)CC. The number of hydrogen-bond acceptors (Lipinski definition) is 2. The van der Waals surface area contributed by atoms with E-state index in [0.717, 1.165) is 5.57 Å². The number of aliphatic hydroxyl groups is 1. The quantitative estimate of drug-likeness (QED) is 0.527. The lowest BCUT2D eigenvalue weighted by atomic mass is 9.95. The monoisotopic (exact) mass is 182 g/mol. The molecule has 1 N–H and O–H groups in total. The lowest BCUT2D eigenvalue weighted by Gasteiger charge is -2.21. The highest BCUT2D eigenvalue weighted by atomic mass is 16.3. The average molecular weight is 182 g/mol. The van der Waals surface area contributed by atoms with Crippen LogP contribution in [0.5, 0.6) is 0 Å². The molecule has 0 fully saturated rings. The van der Waals surface area contributed by atoms with E-state index in [-0.39, 0.29) is 0 Å². The van der Waals surface area contributed by atoms with E-state index in [2.05, 4.69) is 16.7 Å². The van der Waals surface area contributed by atoms with Gasteiger partial charge >= 0.3 is 0 Å². The Morgan fingerprint density at radius 3 is 2.46 bits per heavy atom. The molecule has 0 rings (SSSR count). The van der Waals surface area contributed by atoms with Crippen LogP contribution in [0.1, 0.15) is 34.1 Å². The van der Waals surface area contributed by atoms with E-state index in [1.54, 1.807) is 20.0 Å². The molecule has 0 saturated heterocycles. The molecule has 0 aromatic carbocycles. The maximum absolute atomic E-state index is 9.79. The largest absolute Gasteiger partial charge is 0.386 e. The van der Waals surface area contributed by atoms with Gasteiger partial charge < -0.3 is 5.11 Å². The normalized spacial score (nSPS) is 18.2. The Balaban J connectivity index is 4.59. The fourth-order valence-electron chi connectivity index (χ4n) is 0.649. The molecule has 0 spiro atoms. The molecular weight excluding hydrogens is 164 g/mol. The van der Waals surface area contributed by atoms with Crippen LogP contribution in [-0.4, -0.2) is 23.3 Å². The van der Waals surface area contributed by atoms with Crippen molar-refractivity contribution in [2.45, 2.75) is 39.7 Å². The second-order valence-corrected chi connectivity index (χ2v) is 3.27. The van der Waals surface area contributed by atoms with Gasteiger partial charge in [0.15, 0.2) is 0 Å².